The van der Waals surface area contributed by atoms with Crippen molar-refractivity contribution in [3.8, 4) is 0 Å². The molecule has 1 aliphatic rings. The highest BCUT2D eigenvalue weighted by Gasteiger charge is 2.20. The summed E-state index contributed by atoms with van der Waals surface area (Å²) in [5.74, 6) is -0.161. The fraction of sp³-hybridized carbons (Fsp3) is 0.278. The quantitative estimate of drug-likeness (QED) is 0.934. The van der Waals surface area contributed by atoms with Crippen LogP contribution < -0.4 is 5.32 Å². The van der Waals surface area contributed by atoms with Gasteiger partial charge in [0, 0.05) is 55.4 Å². The van der Waals surface area contributed by atoms with E-state index in [9.17, 15) is 9.59 Å². The number of piperazine rings is 1. The molecular weight excluding hydrogens is 304 g/mol. The zero-order valence-electron chi connectivity index (χ0n) is 13.6. The number of nitrogens with one attached hydrogen (secondary N) is 1. The van der Waals surface area contributed by atoms with E-state index in [2.05, 4.69) is 22.2 Å². The van der Waals surface area contributed by atoms with Crippen molar-refractivity contribution in [3.63, 3.8) is 0 Å². The summed E-state index contributed by atoms with van der Waals surface area (Å²) in [5, 5.41) is 2.81. The molecule has 3 rings (SSSR count). The van der Waals surface area contributed by atoms with Crippen LogP contribution in [0.4, 0.5) is 5.69 Å². The summed E-state index contributed by atoms with van der Waals surface area (Å²) in [7, 11) is 2.06. The van der Waals surface area contributed by atoms with Gasteiger partial charge in [0.05, 0.1) is 0 Å². The van der Waals surface area contributed by atoms with E-state index in [4.69, 9.17) is 0 Å². The van der Waals surface area contributed by atoms with Crippen LogP contribution >= 0.6 is 0 Å². The maximum absolute atomic E-state index is 12.5. The number of benzene rings is 1. The molecule has 0 spiro atoms. The fourth-order valence-corrected chi connectivity index (χ4v) is 2.59. The molecule has 2 aromatic rings. The van der Waals surface area contributed by atoms with E-state index < -0.39 is 0 Å². The molecule has 1 aromatic carbocycles. The molecule has 1 N–H and O–H groups in total. The van der Waals surface area contributed by atoms with E-state index in [1.807, 2.05) is 4.90 Å². The maximum atomic E-state index is 12.5. The molecule has 124 valence electrons. The summed E-state index contributed by atoms with van der Waals surface area (Å²) in [6, 6.07) is 10.3. The Morgan fingerprint density at radius 1 is 0.917 bits per heavy atom. The third-order valence-electron chi connectivity index (χ3n) is 4.12. The van der Waals surface area contributed by atoms with Crippen LogP contribution in [0.25, 0.3) is 0 Å². The summed E-state index contributed by atoms with van der Waals surface area (Å²) in [6.45, 7) is 3.28. The van der Waals surface area contributed by atoms with Gasteiger partial charge in [-0.3, -0.25) is 14.6 Å². The van der Waals surface area contributed by atoms with Crippen molar-refractivity contribution >= 4 is 17.5 Å². The number of pyridine rings is 1. The van der Waals surface area contributed by atoms with Gasteiger partial charge in [-0.2, -0.15) is 0 Å². The maximum Gasteiger partial charge on any atom is 0.255 e. The van der Waals surface area contributed by atoms with Gasteiger partial charge in [0.2, 0.25) is 0 Å². The lowest BCUT2D eigenvalue weighted by molar-refractivity contribution is 0.0664. The normalized spacial score (nSPS) is 15.1. The van der Waals surface area contributed by atoms with Gasteiger partial charge in [-0.05, 0) is 43.4 Å². The molecule has 1 fully saturated rings. The van der Waals surface area contributed by atoms with Gasteiger partial charge >= 0.3 is 0 Å². The Kier molecular flexibility index (Phi) is 4.86. The Morgan fingerprint density at radius 2 is 1.54 bits per heavy atom. The van der Waals surface area contributed by atoms with Gasteiger partial charge in [-0.1, -0.05) is 0 Å². The van der Waals surface area contributed by atoms with Crippen LogP contribution in [0, 0.1) is 0 Å². The number of hydrogen-bond donors (Lipinski definition) is 1. The molecule has 0 atom stereocenters. The number of carbonyl (C=O) groups is 2. The van der Waals surface area contributed by atoms with E-state index in [0.29, 0.717) is 16.8 Å². The molecule has 2 amide bonds. The van der Waals surface area contributed by atoms with Crippen molar-refractivity contribution in [1.82, 2.24) is 14.8 Å². The van der Waals surface area contributed by atoms with Crippen molar-refractivity contribution in [1.29, 1.82) is 0 Å². The number of hydrogen-bond acceptors (Lipinski definition) is 4. The van der Waals surface area contributed by atoms with E-state index in [1.165, 1.54) is 0 Å². The van der Waals surface area contributed by atoms with Gasteiger partial charge < -0.3 is 15.1 Å². The first kappa shape index (κ1) is 16.1. The Labute approximate surface area is 141 Å². The van der Waals surface area contributed by atoms with E-state index in [0.717, 1.165) is 26.2 Å². The predicted molar refractivity (Wildman–Crippen MR) is 92.0 cm³/mol. The first-order chi connectivity index (χ1) is 11.6. The Morgan fingerprint density at radius 3 is 2.17 bits per heavy atom. The molecule has 0 unspecified atom stereocenters. The van der Waals surface area contributed by atoms with Crippen LogP contribution in [0.3, 0.4) is 0 Å². The van der Waals surface area contributed by atoms with Crippen LogP contribution in [0.15, 0.2) is 48.8 Å². The molecule has 1 aliphatic heterocycles. The molecule has 0 bridgehead atoms. The van der Waals surface area contributed by atoms with Crippen LogP contribution in [0.5, 0.6) is 0 Å². The number of carbonyl (C=O) groups excluding carboxylic acids is 2. The molecule has 0 radical (unpaired) electrons. The summed E-state index contributed by atoms with van der Waals surface area (Å²) in [6.07, 6.45) is 3.15. The molecule has 0 saturated carbocycles. The minimum Gasteiger partial charge on any atom is -0.336 e. The molecule has 0 aliphatic carbocycles. The SMILES string of the molecule is CN1CCN(C(=O)c2ccc(NC(=O)c3ccncc3)cc2)CC1. The van der Waals surface area contributed by atoms with Crippen molar-refractivity contribution in [2.45, 2.75) is 0 Å². The molecule has 6 nitrogen and oxygen atoms in total. The Hall–Kier alpha value is -2.73. The van der Waals surface area contributed by atoms with Gasteiger partial charge in [0.1, 0.15) is 0 Å². The lowest BCUT2D eigenvalue weighted by Crippen LogP contribution is -2.47. The zero-order valence-corrected chi connectivity index (χ0v) is 13.6. The van der Waals surface area contributed by atoms with Crippen molar-refractivity contribution in [2.24, 2.45) is 0 Å². The lowest BCUT2D eigenvalue weighted by Gasteiger charge is -2.32. The summed E-state index contributed by atoms with van der Waals surface area (Å²) in [4.78, 5) is 32.5. The monoisotopic (exact) mass is 324 g/mol. The van der Waals surface area contributed by atoms with Gasteiger partial charge in [-0.15, -0.1) is 0 Å². The molecule has 2 heterocycles. The second-order valence-corrected chi connectivity index (χ2v) is 5.86. The molecule has 6 heteroatoms. The number of amides is 2. The number of anilines is 1. The van der Waals surface area contributed by atoms with Crippen LogP contribution in [-0.2, 0) is 0 Å². The van der Waals surface area contributed by atoms with Gasteiger partial charge in [0.25, 0.3) is 11.8 Å². The minimum atomic E-state index is -0.199. The summed E-state index contributed by atoms with van der Waals surface area (Å²) in [5.41, 5.74) is 1.84. The Bertz CT molecular complexity index is 708. The average Bonchev–Trinajstić information content (AvgIpc) is 2.63. The molecule has 1 aromatic heterocycles. The van der Waals surface area contributed by atoms with Crippen molar-refractivity contribution < 1.29 is 9.59 Å². The fourth-order valence-electron chi connectivity index (χ4n) is 2.59. The average molecular weight is 324 g/mol. The van der Waals surface area contributed by atoms with Crippen molar-refractivity contribution in [2.75, 3.05) is 38.5 Å². The van der Waals surface area contributed by atoms with Crippen LogP contribution in [0.1, 0.15) is 20.7 Å². The lowest BCUT2D eigenvalue weighted by atomic mass is 10.1. The zero-order chi connectivity index (χ0) is 16.9. The van der Waals surface area contributed by atoms with Gasteiger partial charge in [-0.25, -0.2) is 0 Å². The number of aromatic nitrogens is 1. The number of nitrogens with zero attached hydrogens (tertiary/aromatic N) is 3. The molecule has 1 saturated heterocycles. The highest BCUT2D eigenvalue weighted by molar-refractivity contribution is 6.04. The minimum absolute atomic E-state index is 0.0371. The van der Waals surface area contributed by atoms with Crippen LogP contribution in [-0.4, -0.2) is 59.8 Å². The third kappa shape index (κ3) is 3.78. The summed E-state index contributed by atoms with van der Waals surface area (Å²) >= 11 is 0. The third-order valence-corrected chi connectivity index (χ3v) is 4.12. The topological polar surface area (TPSA) is 65.5 Å². The van der Waals surface area contributed by atoms with E-state index in [1.54, 1.807) is 48.8 Å². The standard InChI is InChI=1S/C18H20N4O2/c1-21-10-12-22(13-11-21)18(24)15-2-4-16(5-3-15)20-17(23)14-6-8-19-9-7-14/h2-9H,10-13H2,1H3,(H,20,23). The van der Waals surface area contributed by atoms with Crippen molar-refractivity contribution in [3.05, 3.63) is 59.9 Å². The van der Waals surface area contributed by atoms with Crippen LogP contribution in [0.2, 0.25) is 0 Å². The van der Waals surface area contributed by atoms with Gasteiger partial charge in [0.15, 0.2) is 0 Å². The Balaban J connectivity index is 1.63. The second-order valence-electron chi connectivity index (χ2n) is 5.86. The highest BCUT2D eigenvalue weighted by atomic mass is 16.2. The second kappa shape index (κ2) is 7.23. The molecule has 24 heavy (non-hydrogen) atoms. The first-order valence-electron chi connectivity index (χ1n) is 7.93. The number of rotatable bonds is 3. The number of likely N-dealkylation sites (N-methyl/N-ethyl adjacent to an activating group) is 1. The predicted octanol–water partition coefficient (Wildman–Crippen LogP) is 1.72. The highest BCUT2D eigenvalue weighted by Crippen LogP contribution is 2.14. The largest absolute Gasteiger partial charge is 0.336 e. The summed E-state index contributed by atoms with van der Waals surface area (Å²) < 4.78 is 0. The van der Waals surface area contributed by atoms with E-state index in [-0.39, 0.29) is 11.8 Å². The smallest absolute Gasteiger partial charge is 0.255 e. The van der Waals surface area contributed by atoms with E-state index >= 15 is 0 Å². The first-order valence-corrected chi connectivity index (χ1v) is 7.93. The molecular formula is C18H20N4O2.